The van der Waals surface area contributed by atoms with Gasteiger partial charge in [-0.1, -0.05) is 18.2 Å². The fourth-order valence-corrected chi connectivity index (χ4v) is 3.93. The van der Waals surface area contributed by atoms with Crippen LogP contribution in [-0.2, 0) is 11.9 Å². The topological polar surface area (TPSA) is 67.2 Å². The van der Waals surface area contributed by atoms with Crippen LogP contribution in [0.1, 0.15) is 31.5 Å². The van der Waals surface area contributed by atoms with Gasteiger partial charge < -0.3 is 0 Å². The second-order valence-electron chi connectivity index (χ2n) is 5.81. The van der Waals surface area contributed by atoms with Crippen LogP contribution in [0.15, 0.2) is 58.5 Å². The molecule has 10 heteroatoms. The van der Waals surface area contributed by atoms with Crippen molar-refractivity contribution in [2.75, 3.05) is 0 Å². The molecule has 0 saturated heterocycles. The molecule has 0 fully saturated rings. The van der Waals surface area contributed by atoms with Crippen molar-refractivity contribution < 1.29 is 18.0 Å². The van der Waals surface area contributed by atoms with Crippen molar-refractivity contribution in [3.05, 3.63) is 75.2 Å². The van der Waals surface area contributed by atoms with Gasteiger partial charge in [-0.15, -0.1) is 33.3 Å². The molecule has 0 aliphatic carbocycles. The summed E-state index contributed by atoms with van der Waals surface area (Å²) in [5.41, 5.74) is 1.65. The molecule has 0 saturated carbocycles. The average Bonchev–Trinajstić information content (AvgIpc) is 3.11. The molecule has 1 N–H and O–H groups in total. The van der Waals surface area contributed by atoms with Gasteiger partial charge in [0, 0.05) is 16.0 Å². The predicted molar refractivity (Wildman–Crippen MR) is 107 cm³/mol. The molecule has 2 aromatic carbocycles. The lowest BCUT2D eigenvalue weighted by Gasteiger charge is -2.09. The Morgan fingerprint density at radius 3 is 2.55 bits per heavy atom. The van der Waals surface area contributed by atoms with E-state index in [2.05, 4.69) is 20.7 Å². The average molecular weight is 436 g/mol. The van der Waals surface area contributed by atoms with E-state index in [9.17, 15) is 18.0 Å². The first-order valence-corrected chi connectivity index (χ1v) is 10.1. The fourth-order valence-electron chi connectivity index (χ4n) is 2.34. The van der Waals surface area contributed by atoms with Crippen LogP contribution in [0.3, 0.4) is 0 Å². The Hall–Kier alpha value is -2.72. The highest BCUT2D eigenvalue weighted by Gasteiger charge is 2.32. The van der Waals surface area contributed by atoms with Crippen molar-refractivity contribution >= 4 is 35.2 Å². The number of benzene rings is 2. The van der Waals surface area contributed by atoms with Gasteiger partial charge >= 0.3 is 6.18 Å². The first kappa shape index (κ1) is 21.0. The smallest absolute Gasteiger partial charge is 0.267 e. The molecule has 5 nitrogen and oxygen atoms in total. The largest absolute Gasteiger partial charge is 0.417 e. The van der Waals surface area contributed by atoms with Crippen molar-refractivity contribution in [3.63, 3.8) is 0 Å². The standard InChI is InChI=1S/C19H15F3N4OS2/c1-12-24-25-17(29-12)11-28-15-8-6-13(7-9-15)18(27)26-23-10-14-4-2-3-5-16(14)19(20,21)22/h2-10H,11H2,1H3,(H,26,27)/b23-10+. The quantitative estimate of drug-likeness (QED) is 0.338. The van der Waals surface area contributed by atoms with Crippen LogP contribution >= 0.6 is 23.1 Å². The van der Waals surface area contributed by atoms with E-state index in [0.717, 1.165) is 27.2 Å². The zero-order valence-electron chi connectivity index (χ0n) is 15.1. The molecule has 0 unspecified atom stereocenters. The molecule has 1 aromatic heterocycles. The van der Waals surface area contributed by atoms with Crippen molar-refractivity contribution in [2.45, 2.75) is 23.7 Å². The Morgan fingerprint density at radius 2 is 1.90 bits per heavy atom. The number of alkyl halides is 3. The van der Waals surface area contributed by atoms with Gasteiger partial charge in [-0.25, -0.2) is 5.43 Å². The molecule has 0 spiro atoms. The predicted octanol–water partition coefficient (Wildman–Crippen LogP) is 4.92. The lowest BCUT2D eigenvalue weighted by molar-refractivity contribution is -0.137. The molecule has 0 radical (unpaired) electrons. The Labute approximate surface area is 173 Å². The molecular weight excluding hydrogens is 421 g/mol. The Kier molecular flexibility index (Phi) is 6.65. The Morgan fingerprint density at radius 1 is 1.17 bits per heavy atom. The highest BCUT2D eigenvalue weighted by atomic mass is 32.2. The summed E-state index contributed by atoms with van der Waals surface area (Å²) in [6, 6.07) is 11.8. The molecule has 0 aliphatic heterocycles. The van der Waals surface area contributed by atoms with Gasteiger partial charge in [0.05, 0.1) is 17.5 Å². The van der Waals surface area contributed by atoms with Crippen LogP contribution in [0, 0.1) is 6.92 Å². The number of aryl methyl sites for hydroxylation is 1. The lowest BCUT2D eigenvalue weighted by Crippen LogP contribution is -2.18. The van der Waals surface area contributed by atoms with E-state index in [4.69, 9.17) is 0 Å². The lowest BCUT2D eigenvalue weighted by atomic mass is 10.1. The van der Waals surface area contributed by atoms with Crippen LogP contribution in [0.2, 0.25) is 0 Å². The Bertz CT molecular complexity index is 1020. The summed E-state index contributed by atoms with van der Waals surface area (Å²) in [6.07, 6.45) is -3.51. The number of nitrogens with zero attached hydrogens (tertiary/aromatic N) is 3. The van der Waals surface area contributed by atoms with Crippen LogP contribution in [0.5, 0.6) is 0 Å². The molecule has 3 aromatic rings. The van der Waals surface area contributed by atoms with Crippen molar-refractivity contribution in [3.8, 4) is 0 Å². The van der Waals surface area contributed by atoms with Gasteiger partial charge in [0.25, 0.3) is 5.91 Å². The first-order chi connectivity index (χ1) is 13.8. The molecule has 1 heterocycles. The highest BCUT2D eigenvalue weighted by molar-refractivity contribution is 7.98. The summed E-state index contributed by atoms with van der Waals surface area (Å²) < 4.78 is 38.9. The second kappa shape index (κ2) is 9.19. The minimum atomic E-state index is -4.49. The number of hydrazone groups is 1. The second-order valence-corrected chi connectivity index (χ2v) is 8.13. The molecule has 0 bridgehead atoms. The van der Waals surface area contributed by atoms with Gasteiger partial charge in [0.15, 0.2) is 0 Å². The van der Waals surface area contributed by atoms with Crippen LogP contribution < -0.4 is 5.43 Å². The maximum absolute atomic E-state index is 13.0. The van der Waals surface area contributed by atoms with Gasteiger partial charge in [0.2, 0.25) is 0 Å². The third kappa shape index (κ3) is 5.88. The van der Waals surface area contributed by atoms with E-state index >= 15 is 0 Å². The third-order valence-electron chi connectivity index (χ3n) is 3.68. The monoisotopic (exact) mass is 436 g/mol. The summed E-state index contributed by atoms with van der Waals surface area (Å²) in [7, 11) is 0. The van der Waals surface area contributed by atoms with E-state index in [1.54, 1.807) is 36.0 Å². The molecule has 0 aliphatic rings. The van der Waals surface area contributed by atoms with Gasteiger partial charge in [-0.2, -0.15) is 18.3 Å². The number of hydrogen-bond acceptors (Lipinski definition) is 6. The van der Waals surface area contributed by atoms with Gasteiger partial charge in [0.1, 0.15) is 10.0 Å². The number of thioether (sulfide) groups is 1. The van der Waals surface area contributed by atoms with E-state index in [0.29, 0.717) is 11.3 Å². The minimum Gasteiger partial charge on any atom is -0.267 e. The van der Waals surface area contributed by atoms with Crippen LogP contribution in [-0.4, -0.2) is 22.3 Å². The zero-order chi connectivity index (χ0) is 20.9. The molecular formula is C19H15F3N4OS2. The van der Waals surface area contributed by atoms with Crippen LogP contribution in [0.25, 0.3) is 0 Å². The maximum Gasteiger partial charge on any atom is 0.417 e. The summed E-state index contributed by atoms with van der Waals surface area (Å²) in [4.78, 5) is 13.1. The van der Waals surface area contributed by atoms with E-state index in [-0.39, 0.29) is 5.56 Å². The number of nitrogens with one attached hydrogen (secondary N) is 1. The number of carbonyl (C=O) groups is 1. The van der Waals surface area contributed by atoms with Crippen molar-refractivity contribution in [1.29, 1.82) is 0 Å². The minimum absolute atomic E-state index is 0.126. The number of rotatable bonds is 6. The molecule has 150 valence electrons. The normalized spacial score (nSPS) is 11.7. The van der Waals surface area contributed by atoms with Gasteiger partial charge in [-0.3, -0.25) is 4.79 Å². The number of aromatic nitrogens is 2. The number of carbonyl (C=O) groups excluding carboxylic acids is 1. The summed E-state index contributed by atoms with van der Waals surface area (Å²) in [5.74, 6) is 0.169. The Balaban J connectivity index is 1.58. The molecule has 29 heavy (non-hydrogen) atoms. The first-order valence-electron chi connectivity index (χ1n) is 8.34. The SMILES string of the molecule is Cc1nnc(CSc2ccc(C(=O)N/N=C/c3ccccc3C(F)(F)F)cc2)s1. The molecule has 1 amide bonds. The summed E-state index contributed by atoms with van der Waals surface area (Å²) >= 11 is 3.10. The number of hydrogen-bond donors (Lipinski definition) is 1. The molecule has 0 atom stereocenters. The fraction of sp³-hybridized carbons (Fsp3) is 0.158. The highest BCUT2D eigenvalue weighted by Crippen LogP contribution is 2.31. The van der Waals surface area contributed by atoms with E-state index in [1.165, 1.54) is 29.5 Å². The molecule has 3 rings (SSSR count). The third-order valence-corrected chi connectivity index (χ3v) is 5.73. The summed E-state index contributed by atoms with van der Waals surface area (Å²) in [6.45, 7) is 1.89. The maximum atomic E-state index is 13.0. The van der Waals surface area contributed by atoms with Crippen LogP contribution in [0.4, 0.5) is 13.2 Å². The van der Waals surface area contributed by atoms with Crippen molar-refractivity contribution in [1.82, 2.24) is 15.6 Å². The van der Waals surface area contributed by atoms with Gasteiger partial charge in [-0.05, 0) is 37.3 Å². The van der Waals surface area contributed by atoms with Crippen molar-refractivity contribution in [2.24, 2.45) is 5.10 Å². The number of amides is 1. The number of halogens is 3. The van der Waals surface area contributed by atoms with E-state index in [1.807, 2.05) is 6.92 Å². The zero-order valence-corrected chi connectivity index (χ0v) is 16.7. The summed E-state index contributed by atoms with van der Waals surface area (Å²) in [5, 5.41) is 13.5. The van der Waals surface area contributed by atoms with E-state index < -0.39 is 17.6 Å².